The molecular formula is C15H22N2OS. The number of hydrogen-bond acceptors (Lipinski definition) is 3. The van der Waals surface area contributed by atoms with E-state index in [1.54, 1.807) is 11.3 Å². The van der Waals surface area contributed by atoms with Crippen LogP contribution in [-0.2, 0) is 11.2 Å². The predicted molar refractivity (Wildman–Crippen MR) is 78.4 cm³/mol. The summed E-state index contributed by atoms with van der Waals surface area (Å²) in [6, 6.07) is 4.78. The van der Waals surface area contributed by atoms with Crippen LogP contribution in [0.15, 0.2) is 17.5 Å². The summed E-state index contributed by atoms with van der Waals surface area (Å²) in [6.07, 6.45) is 3.38. The molecule has 0 bridgehead atoms. The summed E-state index contributed by atoms with van der Waals surface area (Å²) in [4.78, 5) is 18.0. The number of nitrogens with zero attached hydrogens (tertiary/aromatic N) is 2. The summed E-state index contributed by atoms with van der Waals surface area (Å²) in [6.45, 7) is 6.25. The topological polar surface area (TPSA) is 23.6 Å². The van der Waals surface area contributed by atoms with Crippen molar-refractivity contribution in [1.82, 2.24) is 9.80 Å². The van der Waals surface area contributed by atoms with Crippen molar-refractivity contribution in [1.29, 1.82) is 0 Å². The van der Waals surface area contributed by atoms with Gasteiger partial charge < -0.3 is 4.90 Å². The molecule has 3 nitrogen and oxygen atoms in total. The number of piperazine rings is 1. The molecule has 0 N–H and O–H groups in total. The average molecular weight is 278 g/mol. The Morgan fingerprint density at radius 2 is 2.11 bits per heavy atom. The number of thiophene rings is 1. The maximum Gasteiger partial charge on any atom is 0.227 e. The summed E-state index contributed by atoms with van der Waals surface area (Å²) in [5.41, 5.74) is 0. The molecule has 4 heteroatoms. The Balaban J connectivity index is 1.48. The molecule has 0 spiro atoms. The molecule has 1 atom stereocenters. The lowest BCUT2D eigenvalue weighted by molar-refractivity contribution is -0.132. The first-order valence-corrected chi connectivity index (χ1v) is 8.16. The van der Waals surface area contributed by atoms with Crippen LogP contribution < -0.4 is 0 Å². The summed E-state index contributed by atoms with van der Waals surface area (Å²) in [5, 5.41) is 2.04. The Morgan fingerprint density at radius 3 is 2.68 bits per heavy atom. The quantitative estimate of drug-likeness (QED) is 0.843. The highest BCUT2D eigenvalue weighted by atomic mass is 32.1. The van der Waals surface area contributed by atoms with Gasteiger partial charge in [-0.3, -0.25) is 9.69 Å². The predicted octanol–water partition coefficient (Wildman–Crippen LogP) is 2.23. The molecule has 2 heterocycles. The van der Waals surface area contributed by atoms with Gasteiger partial charge in [0, 0.05) is 37.1 Å². The highest BCUT2D eigenvalue weighted by Crippen LogP contribution is 2.35. The molecule has 2 aliphatic rings. The number of hydrogen-bond donors (Lipinski definition) is 0. The van der Waals surface area contributed by atoms with Gasteiger partial charge in [0.2, 0.25) is 5.91 Å². The van der Waals surface area contributed by atoms with Gasteiger partial charge in [0.15, 0.2) is 0 Å². The maximum absolute atomic E-state index is 12.2. The second-order valence-electron chi connectivity index (χ2n) is 5.75. The third kappa shape index (κ3) is 3.18. The fourth-order valence-corrected chi connectivity index (χ4v) is 3.63. The highest BCUT2D eigenvalue weighted by molar-refractivity contribution is 7.10. The van der Waals surface area contributed by atoms with Gasteiger partial charge in [-0.15, -0.1) is 11.3 Å². The van der Waals surface area contributed by atoms with Gasteiger partial charge in [-0.2, -0.15) is 0 Å². The van der Waals surface area contributed by atoms with Gasteiger partial charge in [-0.1, -0.05) is 6.07 Å². The first kappa shape index (κ1) is 13.1. The molecular weight excluding hydrogens is 256 g/mol. The molecule has 1 aliphatic carbocycles. The standard InChI is InChI=1S/C15H22N2OS/c1-12(13-4-5-13)16-6-8-17(9-7-16)15(18)11-14-3-2-10-19-14/h2-3,10,12-13H,4-9,11H2,1H3. The maximum atomic E-state index is 12.2. The van der Waals surface area contributed by atoms with E-state index < -0.39 is 0 Å². The summed E-state index contributed by atoms with van der Waals surface area (Å²) < 4.78 is 0. The Hall–Kier alpha value is -0.870. The Morgan fingerprint density at radius 1 is 1.37 bits per heavy atom. The van der Waals surface area contributed by atoms with Crippen LogP contribution in [0.4, 0.5) is 0 Å². The van der Waals surface area contributed by atoms with Crippen LogP contribution in [0.1, 0.15) is 24.6 Å². The Bertz CT molecular complexity index is 419. The minimum Gasteiger partial charge on any atom is -0.340 e. The Kier molecular flexibility index (Phi) is 3.89. The van der Waals surface area contributed by atoms with Crippen molar-refractivity contribution in [3.05, 3.63) is 22.4 Å². The third-order valence-electron chi connectivity index (χ3n) is 4.45. The number of carbonyl (C=O) groups excluding carboxylic acids is 1. The number of amides is 1. The number of carbonyl (C=O) groups is 1. The summed E-state index contributed by atoms with van der Waals surface area (Å²) in [5.74, 6) is 1.22. The molecule has 3 rings (SSSR count). The van der Waals surface area contributed by atoms with Gasteiger partial charge in [0.25, 0.3) is 0 Å². The zero-order valence-corrected chi connectivity index (χ0v) is 12.4. The van der Waals surface area contributed by atoms with Gasteiger partial charge in [0.1, 0.15) is 0 Å². The summed E-state index contributed by atoms with van der Waals surface area (Å²) >= 11 is 1.67. The lowest BCUT2D eigenvalue weighted by Crippen LogP contribution is -2.52. The monoisotopic (exact) mass is 278 g/mol. The van der Waals surface area contributed by atoms with Crippen LogP contribution in [-0.4, -0.2) is 47.9 Å². The second-order valence-corrected chi connectivity index (χ2v) is 6.78. The molecule has 0 radical (unpaired) electrons. The molecule has 104 valence electrons. The van der Waals surface area contributed by atoms with E-state index in [4.69, 9.17) is 0 Å². The Labute approximate surface area is 119 Å². The van der Waals surface area contributed by atoms with Gasteiger partial charge in [0.05, 0.1) is 6.42 Å². The van der Waals surface area contributed by atoms with Crippen molar-refractivity contribution in [2.24, 2.45) is 5.92 Å². The van der Waals surface area contributed by atoms with Crippen LogP contribution in [0.25, 0.3) is 0 Å². The lowest BCUT2D eigenvalue weighted by atomic mass is 10.1. The van der Waals surface area contributed by atoms with E-state index >= 15 is 0 Å². The smallest absolute Gasteiger partial charge is 0.227 e. The lowest BCUT2D eigenvalue weighted by Gasteiger charge is -2.38. The van der Waals surface area contributed by atoms with E-state index in [9.17, 15) is 4.79 Å². The van der Waals surface area contributed by atoms with Crippen molar-refractivity contribution < 1.29 is 4.79 Å². The van der Waals surface area contributed by atoms with E-state index in [2.05, 4.69) is 11.8 Å². The zero-order valence-electron chi connectivity index (χ0n) is 11.5. The molecule has 1 unspecified atom stereocenters. The molecule has 1 saturated carbocycles. The van der Waals surface area contributed by atoms with E-state index in [-0.39, 0.29) is 0 Å². The molecule has 19 heavy (non-hydrogen) atoms. The molecule has 0 aromatic carbocycles. The molecule has 1 saturated heterocycles. The molecule has 1 amide bonds. The molecule has 1 aliphatic heterocycles. The first-order valence-electron chi connectivity index (χ1n) is 7.28. The third-order valence-corrected chi connectivity index (χ3v) is 5.33. The van der Waals surface area contributed by atoms with Gasteiger partial charge in [-0.25, -0.2) is 0 Å². The largest absolute Gasteiger partial charge is 0.340 e. The summed E-state index contributed by atoms with van der Waals surface area (Å²) in [7, 11) is 0. The minimum atomic E-state index is 0.293. The van der Waals surface area contributed by atoms with E-state index in [0.29, 0.717) is 12.3 Å². The molecule has 1 aromatic heterocycles. The minimum absolute atomic E-state index is 0.293. The average Bonchev–Trinajstić information content (AvgIpc) is 3.17. The zero-order chi connectivity index (χ0) is 13.2. The van der Waals surface area contributed by atoms with E-state index in [1.807, 2.05) is 22.4 Å². The van der Waals surface area contributed by atoms with Crippen molar-refractivity contribution in [3.8, 4) is 0 Å². The van der Waals surface area contributed by atoms with Gasteiger partial charge in [-0.05, 0) is 37.1 Å². The van der Waals surface area contributed by atoms with Crippen molar-refractivity contribution in [2.75, 3.05) is 26.2 Å². The fourth-order valence-electron chi connectivity index (χ4n) is 2.93. The van der Waals surface area contributed by atoms with Crippen molar-refractivity contribution >= 4 is 17.2 Å². The highest BCUT2D eigenvalue weighted by Gasteiger charge is 2.33. The fraction of sp³-hybridized carbons (Fsp3) is 0.667. The number of rotatable bonds is 4. The van der Waals surface area contributed by atoms with Crippen molar-refractivity contribution in [2.45, 2.75) is 32.2 Å². The SMILES string of the molecule is CC(C1CC1)N1CCN(C(=O)Cc2cccs2)CC1. The van der Waals surface area contributed by atoms with Crippen LogP contribution in [0.5, 0.6) is 0 Å². The van der Waals surface area contributed by atoms with Gasteiger partial charge >= 0.3 is 0 Å². The van der Waals surface area contributed by atoms with Crippen LogP contribution in [0.2, 0.25) is 0 Å². The molecule has 2 fully saturated rings. The molecule has 1 aromatic rings. The van der Waals surface area contributed by atoms with E-state index in [0.717, 1.165) is 38.1 Å². The second kappa shape index (κ2) is 5.63. The van der Waals surface area contributed by atoms with Crippen LogP contribution >= 0.6 is 11.3 Å². The van der Waals surface area contributed by atoms with Crippen LogP contribution in [0, 0.1) is 5.92 Å². The van der Waals surface area contributed by atoms with E-state index in [1.165, 1.54) is 17.7 Å². The van der Waals surface area contributed by atoms with Crippen molar-refractivity contribution in [3.63, 3.8) is 0 Å². The first-order chi connectivity index (χ1) is 9.24. The normalized spacial score (nSPS) is 22.5. The van der Waals surface area contributed by atoms with Crippen LogP contribution in [0.3, 0.4) is 0 Å².